The average molecular weight is 396 g/mol. The number of nitrogen functional groups attached to an aromatic ring is 1. The second kappa shape index (κ2) is 8.34. The summed E-state index contributed by atoms with van der Waals surface area (Å²) < 4.78 is 1.92. The molecule has 1 aliphatic rings. The third kappa shape index (κ3) is 4.33. The van der Waals surface area contributed by atoms with Gasteiger partial charge in [-0.2, -0.15) is 5.10 Å². The molecule has 0 amide bonds. The fourth-order valence-corrected chi connectivity index (χ4v) is 4.19. The Labute approximate surface area is 171 Å². The summed E-state index contributed by atoms with van der Waals surface area (Å²) in [5, 5.41) is 15.4. The minimum Gasteiger partial charge on any atom is -0.508 e. The molecule has 29 heavy (non-hydrogen) atoms. The predicted octanol–water partition coefficient (Wildman–Crippen LogP) is 2.05. The summed E-state index contributed by atoms with van der Waals surface area (Å²) in [5.41, 5.74) is 8.41. The fraction of sp³-hybridized carbons (Fsp3) is 0.476. The minimum atomic E-state index is 0.196. The lowest BCUT2D eigenvalue weighted by atomic mass is 9.96. The molecule has 1 saturated heterocycles. The van der Waals surface area contributed by atoms with Crippen molar-refractivity contribution in [2.24, 2.45) is 5.92 Å². The molecule has 4 rings (SSSR count). The van der Waals surface area contributed by atoms with Crippen LogP contribution in [-0.2, 0) is 6.54 Å². The molecule has 1 fully saturated rings. The second-order valence-electron chi connectivity index (χ2n) is 8.13. The Hall–Kier alpha value is -2.71. The molecule has 0 bridgehead atoms. The van der Waals surface area contributed by atoms with Crippen molar-refractivity contribution in [1.29, 1.82) is 0 Å². The number of benzene rings is 1. The molecular formula is C21H29N7O. The van der Waals surface area contributed by atoms with Crippen LogP contribution in [0.3, 0.4) is 0 Å². The number of aromatic nitrogens is 4. The molecule has 1 aromatic carbocycles. The van der Waals surface area contributed by atoms with E-state index in [2.05, 4.69) is 33.9 Å². The van der Waals surface area contributed by atoms with E-state index in [-0.39, 0.29) is 5.75 Å². The van der Waals surface area contributed by atoms with E-state index in [1.165, 1.54) is 25.7 Å². The van der Waals surface area contributed by atoms with Gasteiger partial charge in [-0.25, -0.2) is 14.6 Å². The smallest absolute Gasteiger partial charge is 0.164 e. The van der Waals surface area contributed by atoms with Crippen LogP contribution in [0.5, 0.6) is 5.75 Å². The summed E-state index contributed by atoms with van der Waals surface area (Å²) in [5.74, 6) is 1.39. The lowest BCUT2D eigenvalue weighted by Crippen LogP contribution is -2.38. The van der Waals surface area contributed by atoms with Gasteiger partial charge in [-0.3, -0.25) is 0 Å². The monoisotopic (exact) mass is 395 g/mol. The van der Waals surface area contributed by atoms with Crippen molar-refractivity contribution in [3.8, 4) is 17.0 Å². The van der Waals surface area contributed by atoms with Gasteiger partial charge in [0.2, 0.25) is 0 Å². The first-order valence-corrected chi connectivity index (χ1v) is 10.1. The van der Waals surface area contributed by atoms with Crippen LogP contribution in [-0.4, -0.2) is 74.9 Å². The highest BCUT2D eigenvalue weighted by atomic mass is 16.3. The number of aromatic hydroxyl groups is 1. The van der Waals surface area contributed by atoms with E-state index in [1.807, 2.05) is 10.7 Å². The number of nitrogens with two attached hydrogens (primary N) is 1. The highest BCUT2D eigenvalue weighted by Gasteiger charge is 2.21. The third-order valence-electron chi connectivity index (χ3n) is 5.64. The zero-order chi connectivity index (χ0) is 20.4. The molecule has 8 heteroatoms. The van der Waals surface area contributed by atoms with E-state index in [0.29, 0.717) is 11.5 Å². The molecule has 3 N–H and O–H groups in total. The Morgan fingerprint density at radius 3 is 2.69 bits per heavy atom. The standard InChI is InChI=1S/C21H29N7O/c1-26(2)13-15-6-8-27(9-7-15)10-11-28-21-18(20(22)23-14-24-21)19(25-28)16-4-3-5-17(29)12-16/h3-5,12,14-15,29H,6-11,13H2,1-2H3,(H2,22,23,24). The van der Waals surface area contributed by atoms with Gasteiger partial charge in [0, 0.05) is 18.7 Å². The van der Waals surface area contributed by atoms with Gasteiger partial charge in [0.25, 0.3) is 0 Å². The number of likely N-dealkylation sites (tertiary alicyclic amines) is 1. The van der Waals surface area contributed by atoms with E-state index < -0.39 is 0 Å². The summed E-state index contributed by atoms with van der Waals surface area (Å²) >= 11 is 0. The van der Waals surface area contributed by atoms with Crippen LogP contribution in [0.1, 0.15) is 12.8 Å². The van der Waals surface area contributed by atoms with Gasteiger partial charge >= 0.3 is 0 Å². The van der Waals surface area contributed by atoms with Crippen LogP contribution in [0.2, 0.25) is 0 Å². The number of phenols is 1. The number of hydrogen-bond acceptors (Lipinski definition) is 7. The van der Waals surface area contributed by atoms with Crippen molar-refractivity contribution < 1.29 is 5.11 Å². The molecule has 0 spiro atoms. The molecule has 0 atom stereocenters. The molecule has 3 aromatic rings. The highest BCUT2D eigenvalue weighted by molar-refractivity contribution is 5.98. The van der Waals surface area contributed by atoms with Gasteiger partial charge in [-0.05, 0) is 58.1 Å². The molecule has 3 heterocycles. The van der Waals surface area contributed by atoms with Crippen LogP contribution in [0.15, 0.2) is 30.6 Å². The molecule has 0 saturated carbocycles. The molecule has 0 aliphatic carbocycles. The van der Waals surface area contributed by atoms with Gasteiger partial charge in [0.05, 0.1) is 11.9 Å². The van der Waals surface area contributed by atoms with Gasteiger partial charge in [-0.15, -0.1) is 0 Å². The summed E-state index contributed by atoms with van der Waals surface area (Å²) in [6.45, 7) is 5.07. The number of anilines is 1. The van der Waals surface area contributed by atoms with E-state index in [9.17, 15) is 5.11 Å². The maximum absolute atomic E-state index is 9.87. The van der Waals surface area contributed by atoms with E-state index in [4.69, 9.17) is 10.8 Å². The van der Waals surface area contributed by atoms with Crippen LogP contribution >= 0.6 is 0 Å². The Morgan fingerprint density at radius 1 is 1.17 bits per heavy atom. The maximum atomic E-state index is 9.87. The van der Waals surface area contributed by atoms with Crippen molar-refractivity contribution in [1.82, 2.24) is 29.5 Å². The molecule has 0 radical (unpaired) electrons. The number of nitrogens with zero attached hydrogens (tertiary/aromatic N) is 6. The van der Waals surface area contributed by atoms with Crippen molar-refractivity contribution in [3.63, 3.8) is 0 Å². The molecule has 2 aromatic heterocycles. The lowest BCUT2D eigenvalue weighted by Gasteiger charge is -2.33. The molecule has 0 unspecified atom stereocenters. The van der Waals surface area contributed by atoms with Crippen LogP contribution < -0.4 is 5.73 Å². The normalized spacial score (nSPS) is 16.1. The van der Waals surface area contributed by atoms with Crippen molar-refractivity contribution in [2.75, 3.05) is 46.0 Å². The minimum absolute atomic E-state index is 0.196. The quantitative estimate of drug-likeness (QED) is 0.659. The average Bonchev–Trinajstić information content (AvgIpc) is 3.07. The lowest BCUT2D eigenvalue weighted by molar-refractivity contribution is 0.157. The summed E-state index contributed by atoms with van der Waals surface area (Å²) in [6, 6.07) is 7.04. The Balaban J connectivity index is 1.52. The van der Waals surface area contributed by atoms with Gasteiger partial charge < -0.3 is 20.6 Å². The SMILES string of the molecule is CN(C)CC1CCN(CCn2nc(-c3cccc(O)c3)c3c(N)ncnc32)CC1. The molecular weight excluding hydrogens is 366 g/mol. The van der Waals surface area contributed by atoms with Crippen LogP contribution in [0, 0.1) is 5.92 Å². The first-order chi connectivity index (χ1) is 14.0. The summed E-state index contributed by atoms with van der Waals surface area (Å²) in [4.78, 5) is 13.4. The number of rotatable bonds is 6. The van der Waals surface area contributed by atoms with Gasteiger partial charge in [-0.1, -0.05) is 12.1 Å². The Bertz CT molecular complexity index is 976. The van der Waals surface area contributed by atoms with Gasteiger partial charge in [0.1, 0.15) is 23.6 Å². The van der Waals surface area contributed by atoms with E-state index in [0.717, 1.165) is 48.7 Å². The van der Waals surface area contributed by atoms with E-state index in [1.54, 1.807) is 18.2 Å². The highest BCUT2D eigenvalue weighted by Crippen LogP contribution is 2.31. The first-order valence-electron chi connectivity index (χ1n) is 10.1. The van der Waals surface area contributed by atoms with Gasteiger partial charge in [0.15, 0.2) is 5.65 Å². The number of fused-ring (bicyclic) bond motifs is 1. The Kier molecular flexibility index (Phi) is 5.64. The van der Waals surface area contributed by atoms with Crippen molar-refractivity contribution in [3.05, 3.63) is 30.6 Å². The fourth-order valence-electron chi connectivity index (χ4n) is 4.19. The second-order valence-corrected chi connectivity index (χ2v) is 8.13. The zero-order valence-electron chi connectivity index (χ0n) is 17.1. The van der Waals surface area contributed by atoms with E-state index >= 15 is 0 Å². The molecule has 8 nitrogen and oxygen atoms in total. The summed E-state index contributed by atoms with van der Waals surface area (Å²) in [6.07, 6.45) is 3.96. The van der Waals surface area contributed by atoms with Crippen molar-refractivity contribution in [2.45, 2.75) is 19.4 Å². The first kappa shape index (κ1) is 19.6. The molecule has 154 valence electrons. The van der Waals surface area contributed by atoms with Crippen LogP contribution in [0.4, 0.5) is 5.82 Å². The Morgan fingerprint density at radius 2 is 1.97 bits per heavy atom. The topological polar surface area (TPSA) is 96.3 Å². The predicted molar refractivity (Wildman–Crippen MR) is 115 cm³/mol. The number of piperidine rings is 1. The van der Waals surface area contributed by atoms with Crippen molar-refractivity contribution >= 4 is 16.9 Å². The summed E-state index contributed by atoms with van der Waals surface area (Å²) in [7, 11) is 4.29. The largest absolute Gasteiger partial charge is 0.508 e. The maximum Gasteiger partial charge on any atom is 0.164 e. The molecule has 1 aliphatic heterocycles. The van der Waals surface area contributed by atoms with Crippen LogP contribution in [0.25, 0.3) is 22.3 Å². The number of hydrogen-bond donors (Lipinski definition) is 2. The third-order valence-corrected chi connectivity index (χ3v) is 5.64. The zero-order valence-corrected chi connectivity index (χ0v) is 17.1. The number of phenolic OH excluding ortho intramolecular Hbond substituents is 1.